The van der Waals surface area contributed by atoms with Gasteiger partial charge in [0.05, 0.1) is 4.90 Å². The summed E-state index contributed by atoms with van der Waals surface area (Å²) in [5.74, 6) is -1.11. The third-order valence-electron chi connectivity index (χ3n) is 5.72. The van der Waals surface area contributed by atoms with Gasteiger partial charge in [-0.2, -0.15) is 0 Å². The molecule has 2 heterocycles. The molecule has 1 spiro atoms. The topological polar surface area (TPSA) is 86.8 Å². The lowest BCUT2D eigenvalue weighted by Crippen LogP contribution is -2.44. The van der Waals surface area contributed by atoms with Gasteiger partial charge in [-0.25, -0.2) is 8.42 Å². The molecule has 148 valence electrons. The van der Waals surface area contributed by atoms with Gasteiger partial charge in [0.15, 0.2) is 9.84 Å². The summed E-state index contributed by atoms with van der Waals surface area (Å²) in [4.78, 5) is 27.6. The van der Waals surface area contributed by atoms with Gasteiger partial charge in [0.1, 0.15) is 5.75 Å². The SMILES string of the molecule is CN(C)C(=O)CS(=O)(=O)c1ccc(C(=O)N2CCC3(CCNC3)CC2)cc1. The average molecular weight is 394 g/mol. The third-order valence-corrected chi connectivity index (χ3v) is 7.33. The number of amides is 2. The van der Waals surface area contributed by atoms with E-state index in [2.05, 4.69) is 5.32 Å². The second kappa shape index (κ2) is 7.59. The van der Waals surface area contributed by atoms with Gasteiger partial charge in [-0.15, -0.1) is 0 Å². The standard InChI is InChI=1S/C19H27N3O4S/c1-21(2)17(23)13-27(25,26)16-5-3-15(4-6-16)18(24)22-11-8-19(9-12-22)7-10-20-14-19/h3-6,20H,7-14H2,1-2H3. The second-order valence-electron chi connectivity index (χ2n) is 7.79. The van der Waals surface area contributed by atoms with Crippen LogP contribution in [0.25, 0.3) is 0 Å². The number of piperidine rings is 1. The van der Waals surface area contributed by atoms with E-state index in [9.17, 15) is 18.0 Å². The first-order chi connectivity index (χ1) is 12.7. The van der Waals surface area contributed by atoms with Crippen LogP contribution in [0, 0.1) is 5.41 Å². The minimum absolute atomic E-state index is 0.0591. The van der Waals surface area contributed by atoms with Crippen molar-refractivity contribution in [1.29, 1.82) is 0 Å². The number of carbonyl (C=O) groups excluding carboxylic acids is 2. The van der Waals surface area contributed by atoms with Crippen LogP contribution in [0.2, 0.25) is 0 Å². The van der Waals surface area contributed by atoms with Gasteiger partial charge < -0.3 is 15.1 Å². The molecule has 2 aliphatic heterocycles. The van der Waals surface area contributed by atoms with Crippen LogP contribution in [0.4, 0.5) is 0 Å². The van der Waals surface area contributed by atoms with Gasteiger partial charge in [0.25, 0.3) is 5.91 Å². The lowest BCUT2D eigenvalue weighted by atomic mass is 9.78. The lowest BCUT2D eigenvalue weighted by Gasteiger charge is -2.38. The number of hydrogen-bond donors (Lipinski definition) is 1. The van der Waals surface area contributed by atoms with Crippen molar-refractivity contribution in [3.05, 3.63) is 29.8 Å². The minimum Gasteiger partial charge on any atom is -0.348 e. The Morgan fingerprint density at radius 2 is 1.74 bits per heavy atom. The highest BCUT2D eigenvalue weighted by molar-refractivity contribution is 7.92. The van der Waals surface area contributed by atoms with Crippen LogP contribution < -0.4 is 5.32 Å². The first kappa shape index (κ1) is 19.8. The first-order valence-electron chi connectivity index (χ1n) is 9.25. The number of sulfone groups is 1. The molecule has 2 saturated heterocycles. The summed E-state index contributed by atoms with van der Waals surface area (Å²) >= 11 is 0. The van der Waals surface area contributed by atoms with Gasteiger partial charge >= 0.3 is 0 Å². The monoisotopic (exact) mass is 393 g/mol. The van der Waals surface area contributed by atoms with Gasteiger partial charge in [-0.1, -0.05) is 0 Å². The Morgan fingerprint density at radius 1 is 1.11 bits per heavy atom. The molecule has 2 aliphatic rings. The number of benzene rings is 1. The number of rotatable bonds is 4. The molecule has 3 rings (SSSR count). The highest BCUT2D eigenvalue weighted by Crippen LogP contribution is 2.37. The van der Waals surface area contributed by atoms with Crippen molar-refractivity contribution in [3.8, 4) is 0 Å². The zero-order valence-electron chi connectivity index (χ0n) is 15.9. The fourth-order valence-corrected chi connectivity index (χ4v) is 5.07. The van der Waals surface area contributed by atoms with E-state index in [-0.39, 0.29) is 10.8 Å². The van der Waals surface area contributed by atoms with E-state index in [0.717, 1.165) is 39.0 Å². The van der Waals surface area contributed by atoms with E-state index < -0.39 is 21.5 Å². The first-order valence-corrected chi connectivity index (χ1v) is 10.9. The molecule has 27 heavy (non-hydrogen) atoms. The maximum absolute atomic E-state index is 12.7. The predicted molar refractivity (Wildman–Crippen MR) is 102 cm³/mol. The van der Waals surface area contributed by atoms with E-state index >= 15 is 0 Å². The summed E-state index contributed by atoms with van der Waals surface area (Å²) in [6.07, 6.45) is 3.18. The van der Waals surface area contributed by atoms with Gasteiger partial charge in [0, 0.05) is 39.3 Å². The molecule has 8 heteroatoms. The number of hydrogen-bond acceptors (Lipinski definition) is 5. The number of nitrogens with zero attached hydrogens (tertiary/aromatic N) is 2. The molecule has 1 N–H and O–H groups in total. The Morgan fingerprint density at radius 3 is 2.26 bits per heavy atom. The van der Waals surface area contributed by atoms with Crippen molar-refractivity contribution in [3.63, 3.8) is 0 Å². The molecule has 7 nitrogen and oxygen atoms in total. The van der Waals surface area contributed by atoms with Crippen molar-refractivity contribution in [2.75, 3.05) is 46.0 Å². The van der Waals surface area contributed by atoms with E-state index in [1.807, 2.05) is 4.90 Å². The van der Waals surface area contributed by atoms with Crippen LogP contribution >= 0.6 is 0 Å². The van der Waals surface area contributed by atoms with Crippen LogP contribution in [0.5, 0.6) is 0 Å². The molecule has 0 aliphatic carbocycles. The van der Waals surface area contributed by atoms with Gasteiger partial charge in [-0.05, 0) is 55.5 Å². The molecule has 0 aromatic heterocycles. The Balaban J connectivity index is 1.65. The van der Waals surface area contributed by atoms with Crippen molar-refractivity contribution in [2.24, 2.45) is 5.41 Å². The van der Waals surface area contributed by atoms with Crippen molar-refractivity contribution in [1.82, 2.24) is 15.1 Å². The smallest absolute Gasteiger partial charge is 0.253 e. The molecule has 2 amide bonds. The molecule has 0 atom stereocenters. The molecule has 1 aromatic carbocycles. The molecular weight excluding hydrogens is 366 g/mol. The molecule has 0 saturated carbocycles. The summed E-state index contributed by atoms with van der Waals surface area (Å²) in [5.41, 5.74) is 0.821. The zero-order valence-corrected chi connectivity index (χ0v) is 16.7. The summed E-state index contributed by atoms with van der Waals surface area (Å²) in [6.45, 7) is 3.56. The molecule has 0 unspecified atom stereocenters. The van der Waals surface area contributed by atoms with Crippen molar-refractivity contribution in [2.45, 2.75) is 24.2 Å². The van der Waals surface area contributed by atoms with Crippen molar-refractivity contribution >= 4 is 21.7 Å². The Bertz CT molecular complexity index is 802. The van der Waals surface area contributed by atoms with Crippen molar-refractivity contribution < 1.29 is 18.0 Å². The summed E-state index contributed by atoms with van der Waals surface area (Å²) < 4.78 is 24.6. The van der Waals surface area contributed by atoms with Gasteiger partial charge in [-0.3, -0.25) is 9.59 Å². The Labute approximate surface area is 160 Å². The van der Waals surface area contributed by atoms with Crippen LogP contribution in [0.15, 0.2) is 29.2 Å². The fourth-order valence-electron chi connectivity index (χ4n) is 3.77. The third kappa shape index (κ3) is 4.32. The molecule has 0 bridgehead atoms. The van der Waals surface area contributed by atoms with E-state index in [1.165, 1.54) is 49.7 Å². The average Bonchev–Trinajstić information content (AvgIpc) is 3.09. The van der Waals surface area contributed by atoms with Crippen LogP contribution in [-0.4, -0.2) is 76.1 Å². The van der Waals surface area contributed by atoms with Crippen LogP contribution in [0.3, 0.4) is 0 Å². The molecule has 2 fully saturated rings. The largest absolute Gasteiger partial charge is 0.348 e. The highest BCUT2D eigenvalue weighted by atomic mass is 32.2. The zero-order chi connectivity index (χ0) is 19.7. The summed E-state index contributed by atoms with van der Waals surface area (Å²) in [7, 11) is -0.674. The maximum Gasteiger partial charge on any atom is 0.253 e. The predicted octanol–water partition coefficient (Wildman–Crippen LogP) is 0.764. The molecule has 0 radical (unpaired) electrons. The highest BCUT2D eigenvalue weighted by Gasteiger charge is 2.38. The minimum atomic E-state index is -3.71. The number of carbonyl (C=O) groups is 2. The van der Waals surface area contributed by atoms with E-state index in [1.54, 1.807) is 0 Å². The van der Waals surface area contributed by atoms with E-state index in [4.69, 9.17) is 0 Å². The Hall–Kier alpha value is -1.93. The molecule has 1 aromatic rings. The van der Waals surface area contributed by atoms with Gasteiger partial charge in [0.2, 0.25) is 5.91 Å². The maximum atomic E-state index is 12.7. The van der Waals surface area contributed by atoms with E-state index in [0.29, 0.717) is 11.0 Å². The molecular formula is C19H27N3O4S. The normalized spacial score (nSPS) is 19.3. The van der Waals surface area contributed by atoms with Crippen LogP contribution in [0.1, 0.15) is 29.6 Å². The fraction of sp³-hybridized carbons (Fsp3) is 0.579. The Kier molecular flexibility index (Phi) is 5.58. The lowest BCUT2D eigenvalue weighted by molar-refractivity contribution is -0.125. The summed E-state index contributed by atoms with van der Waals surface area (Å²) in [6, 6.07) is 5.91. The summed E-state index contributed by atoms with van der Waals surface area (Å²) in [5, 5.41) is 3.41. The number of likely N-dealkylation sites (tertiary alicyclic amines) is 1. The second-order valence-corrected chi connectivity index (χ2v) is 9.78. The van der Waals surface area contributed by atoms with Crippen LogP contribution in [-0.2, 0) is 14.6 Å². The quantitative estimate of drug-likeness (QED) is 0.816. The number of nitrogens with one attached hydrogen (secondary N) is 1.